The van der Waals surface area contributed by atoms with Crippen LogP contribution in [0, 0.1) is 6.92 Å². The van der Waals surface area contributed by atoms with Gasteiger partial charge in [-0.25, -0.2) is 4.68 Å². The van der Waals surface area contributed by atoms with Gasteiger partial charge >= 0.3 is 0 Å². The molecule has 1 aliphatic heterocycles. The summed E-state index contributed by atoms with van der Waals surface area (Å²) in [6.45, 7) is 3.86. The number of aryl methyl sites for hydroxylation is 1. The van der Waals surface area contributed by atoms with Crippen LogP contribution < -0.4 is 4.74 Å². The molecule has 30 heavy (non-hydrogen) atoms. The van der Waals surface area contributed by atoms with Gasteiger partial charge in [0.2, 0.25) is 0 Å². The Bertz CT molecular complexity index is 991. The van der Waals surface area contributed by atoms with Crippen molar-refractivity contribution in [2.75, 3.05) is 20.3 Å². The fraction of sp³-hybridized carbons (Fsp3) is 0.333. The summed E-state index contributed by atoms with van der Waals surface area (Å²) >= 11 is 0. The molecule has 2 aromatic carbocycles. The summed E-state index contributed by atoms with van der Waals surface area (Å²) in [5, 5.41) is 4.33. The molecule has 0 aliphatic carbocycles. The maximum atomic E-state index is 13.4. The molecule has 6 nitrogen and oxygen atoms in total. The van der Waals surface area contributed by atoms with Crippen LogP contribution in [0.3, 0.4) is 0 Å². The molecule has 1 saturated heterocycles. The molecule has 0 saturated carbocycles. The van der Waals surface area contributed by atoms with Crippen LogP contribution in [-0.2, 0) is 11.3 Å². The largest absolute Gasteiger partial charge is 0.497 e. The van der Waals surface area contributed by atoms with Crippen LogP contribution in [0.25, 0.3) is 5.69 Å². The summed E-state index contributed by atoms with van der Waals surface area (Å²) < 4.78 is 13.0. The van der Waals surface area contributed by atoms with Gasteiger partial charge < -0.3 is 14.4 Å². The maximum absolute atomic E-state index is 13.4. The lowest BCUT2D eigenvalue weighted by Gasteiger charge is -2.26. The number of benzene rings is 2. The number of carbonyl (C=O) groups is 1. The van der Waals surface area contributed by atoms with Crippen LogP contribution >= 0.6 is 0 Å². The molecule has 0 N–H and O–H groups in total. The summed E-state index contributed by atoms with van der Waals surface area (Å²) in [7, 11) is 1.65. The van der Waals surface area contributed by atoms with Crippen molar-refractivity contribution in [1.29, 1.82) is 0 Å². The Morgan fingerprint density at radius 2 is 2.07 bits per heavy atom. The van der Waals surface area contributed by atoms with Crippen molar-refractivity contribution >= 4 is 5.91 Å². The number of methoxy groups -OCH3 is 1. The summed E-state index contributed by atoms with van der Waals surface area (Å²) in [5.41, 5.74) is 3.67. The average molecular weight is 405 g/mol. The molecule has 156 valence electrons. The number of rotatable bonds is 7. The van der Waals surface area contributed by atoms with Gasteiger partial charge in [-0.2, -0.15) is 5.10 Å². The van der Waals surface area contributed by atoms with Crippen molar-refractivity contribution in [1.82, 2.24) is 14.7 Å². The normalized spacial score (nSPS) is 15.9. The van der Waals surface area contributed by atoms with E-state index in [2.05, 4.69) is 5.10 Å². The van der Waals surface area contributed by atoms with Crippen LogP contribution in [0.5, 0.6) is 5.75 Å². The van der Waals surface area contributed by atoms with Gasteiger partial charge in [0.25, 0.3) is 5.91 Å². The van der Waals surface area contributed by atoms with E-state index in [-0.39, 0.29) is 12.0 Å². The molecular formula is C24H27N3O3. The third-order valence-corrected chi connectivity index (χ3v) is 5.43. The Hall–Kier alpha value is -3.12. The van der Waals surface area contributed by atoms with E-state index < -0.39 is 0 Å². The van der Waals surface area contributed by atoms with E-state index in [1.54, 1.807) is 13.3 Å². The Kier molecular flexibility index (Phi) is 6.14. The minimum Gasteiger partial charge on any atom is -0.497 e. The van der Waals surface area contributed by atoms with Gasteiger partial charge in [-0.15, -0.1) is 0 Å². The minimum absolute atomic E-state index is 0.00272. The second kappa shape index (κ2) is 9.13. The molecule has 0 bridgehead atoms. The van der Waals surface area contributed by atoms with Crippen LogP contribution in [0.1, 0.15) is 34.5 Å². The smallest absolute Gasteiger partial charge is 0.254 e. The molecule has 1 aromatic heterocycles. The topological polar surface area (TPSA) is 56.6 Å². The highest BCUT2D eigenvalue weighted by Crippen LogP contribution is 2.20. The Morgan fingerprint density at radius 1 is 1.23 bits per heavy atom. The fourth-order valence-corrected chi connectivity index (χ4v) is 3.81. The van der Waals surface area contributed by atoms with Crippen molar-refractivity contribution in [3.8, 4) is 11.4 Å². The van der Waals surface area contributed by atoms with Gasteiger partial charge in [0.1, 0.15) is 5.75 Å². The predicted octanol–water partition coefficient (Wildman–Crippen LogP) is 4.01. The fourth-order valence-electron chi connectivity index (χ4n) is 3.81. The van der Waals surface area contributed by atoms with Crippen molar-refractivity contribution in [3.63, 3.8) is 0 Å². The van der Waals surface area contributed by atoms with Gasteiger partial charge in [-0.05, 0) is 67.8 Å². The highest BCUT2D eigenvalue weighted by molar-refractivity contribution is 5.94. The average Bonchev–Trinajstić information content (AvgIpc) is 3.45. The lowest BCUT2D eigenvalue weighted by molar-refractivity contribution is 0.0507. The molecule has 1 unspecified atom stereocenters. The molecule has 4 rings (SSSR count). The quantitative estimate of drug-likeness (QED) is 0.596. The number of carbonyl (C=O) groups excluding carboxylic acids is 1. The first kappa shape index (κ1) is 20.2. The molecule has 1 aliphatic rings. The van der Waals surface area contributed by atoms with E-state index in [1.807, 2.05) is 71.1 Å². The molecule has 2 heterocycles. The van der Waals surface area contributed by atoms with Gasteiger partial charge in [-0.3, -0.25) is 4.79 Å². The second-order valence-corrected chi connectivity index (χ2v) is 7.60. The van der Waals surface area contributed by atoms with E-state index in [4.69, 9.17) is 9.47 Å². The van der Waals surface area contributed by atoms with Crippen LogP contribution in [0.15, 0.2) is 60.8 Å². The Labute approximate surface area is 177 Å². The maximum Gasteiger partial charge on any atom is 0.254 e. The lowest BCUT2D eigenvalue weighted by atomic mass is 10.1. The first-order valence-electron chi connectivity index (χ1n) is 10.3. The molecule has 1 amide bonds. The highest BCUT2D eigenvalue weighted by atomic mass is 16.5. The Balaban J connectivity index is 1.55. The summed E-state index contributed by atoms with van der Waals surface area (Å²) in [6, 6.07) is 17.4. The monoisotopic (exact) mass is 405 g/mol. The zero-order valence-electron chi connectivity index (χ0n) is 17.5. The van der Waals surface area contributed by atoms with E-state index in [0.717, 1.165) is 42.1 Å². The van der Waals surface area contributed by atoms with Gasteiger partial charge in [0, 0.05) is 37.2 Å². The number of amides is 1. The van der Waals surface area contributed by atoms with E-state index in [9.17, 15) is 4.79 Å². The third-order valence-electron chi connectivity index (χ3n) is 5.43. The molecular weight excluding hydrogens is 378 g/mol. The molecule has 0 spiro atoms. The SMILES string of the molecule is COc1cccc(CN(CC2CCCO2)C(=O)c2ccc(-n3nccc3C)cc2)c1. The predicted molar refractivity (Wildman–Crippen MR) is 115 cm³/mol. The summed E-state index contributed by atoms with van der Waals surface area (Å²) in [5.74, 6) is 0.785. The minimum atomic E-state index is -0.00272. The molecule has 1 fully saturated rings. The van der Waals surface area contributed by atoms with Crippen LogP contribution in [-0.4, -0.2) is 47.0 Å². The summed E-state index contributed by atoms with van der Waals surface area (Å²) in [6.07, 6.45) is 3.89. The van der Waals surface area contributed by atoms with Crippen LogP contribution in [0.4, 0.5) is 0 Å². The number of ether oxygens (including phenoxy) is 2. The number of nitrogens with zero attached hydrogens (tertiary/aromatic N) is 3. The number of aromatic nitrogens is 2. The van der Waals surface area contributed by atoms with Gasteiger partial charge in [-0.1, -0.05) is 12.1 Å². The van der Waals surface area contributed by atoms with Crippen molar-refractivity contribution in [3.05, 3.63) is 77.6 Å². The second-order valence-electron chi connectivity index (χ2n) is 7.60. The molecule has 1 atom stereocenters. The first-order valence-corrected chi connectivity index (χ1v) is 10.3. The van der Waals surface area contributed by atoms with Crippen molar-refractivity contribution < 1.29 is 14.3 Å². The van der Waals surface area contributed by atoms with Crippen molar-refractivity contribution in [2.45, 2.75) is 32.4 Å². The summed E-state index contributed by atoms with van der Waals surface area (Å²) in [4.78, 5) is 15.2. The molecule has 0 radical (unpaired) electrons. The Morgan fingerprint density at radius 3 is 2.73 bits per heavy atom. The highest BCUT2D eigenvalue weighted by Gasteiger charge is 2.24. The number of hydrogen-bond donors (Lipinski definition) is 0. The number of hydrogen-bond acceptors (Lipinski definition) is 4. The first-order chi connectivity index (χ1) is 14.6. The standard InChI is InChI=1S/C24H27N3O3/c1-18-12-13-25-27(18)21-10-8-20(9-11-21)24(28)26(17-23-7-4-14-30-23)16-19-5-3-6-22(15-19)29-2/h3,5-6,8-13,15,23H,4,7,14,16-17H2,1-2H3. The van der Waals surface area contributed by atoms with E-state index in [1.165, 1.54) is 0 Å². The zero-order valence-corrected chi connectivity index (χ0v) is 17.5. The van der Waals surface area contributed by atoms with Crippen molar-refractivity contribution in [2.24, 2.45) is 0 Å². The molecule has 3 aromatic rings. The third kappa shape index (κ3) is 4.54. The van der Waals surface area contributed by atoms with E-state index >= 15 is 0 Å². The van der Waals surface area contributed by atoms with E-state index in [0.29, 0.717) is 18.7 Å². The molecule has 6 heteroatoms. The lowest BCUT2D eigenvalue weighted by Crippen LogP contribution is -2.37. The van der Waals surface area contributed by atoms with Crippen LogP contribution in [0.2, 0.25) is 0 Å². The van der Waals surface area contributed by atoms with Gasteiger partial charge in [0.05, 0.1) is 18.9 Å². The zero-order chi connectivity index (χ0) is 20.9. The van der Waals surface area contributed by atoms with Gasteiger partial charge in [0.15, 0.2) is 0 Å².